The smallest absolute Gasteiger partial charge is 0.246 e. The van der Waals surface area contributed by atoms with Gasteiger partial charge in [-0.25, -0.2) is 8.78 Å². The van der Waals surface area contributed by atoms with Crippen molar-refractivity contribution in [2.75, 3.05) is 5.32 Å². The average molecular weight is 584 g/mol. The number of benzene rings is 2. The van der Waals surface area contributed by atoms with E-state index >= 15 is 0 Å². The molecule has 2 saturated heterocycles. The SMILES string of the molecule is C[C@H]1[C@H](C)CCC[C@@H]1NC(=O)[C@@H]1N(Cc2ccccc2F)C(=O)[C@H]2[C@H](C(=O)Nc3ccc(F)c(Cl)c3)[C@H]3C=C[C@@]12O3. The number of likely N-dealkylation sites (tertiary alicyclic amines) is 1. The van der Waals surface area contributed by atoms with Gasteiger partial charge in [0.05, 0.1) is 23.0 Å². The number of carbonyl (C=O) groups excluding carboxylic acids is 3. The van der Waals surface area contributed by atoms with Crippen molar-refractivity contribution in [1.29, 1.82) is 0 Å². The summed E-state index contributed by atoms with van der Waals surface area (Å²) >= 11 is 5.90. The Labute approximate surface area is 242 Å². The molecule has 2 N–H and O–H groups in total. The molecule has 41 heavy (non-hydrogen) atoms. The zero-order chi connectivity index (χ0) is 29.1. The number of ether oxygens (including phenoxy) is 1. The minimum atomic E-state index is -1.39. The molecule has 2 aromatic carbocycles. The van der Waals surface area contributed by atoms with Crippen LogP contribution in [0.3, 0.4) is 0 Å². The first kappa shape index (κ1) is 27.8. The maximum Gasteiger partial charge on any atom is 0.246 e. The van der Waals surface area contributed by atoms with E-state index in [1.807, 2.05) is 0 Å². The fourth-order valence-corrected chi connectivity index (χ4v) is 7.28. The standard InChI is InChI=1S/C31H32ClF2N3O4/c1-16-6-5-9-23(17(16)2)36-29(39)27-31-13-12-24(41-31)25(28(38)35-19-10-11-22(34)20(32)14-19)26(31)30(40)37(27)15-18-7-3-4-8-21(18)33/h3-4,7-8,10-14,16-17,23-27H,5-6,9,15H2,1-2H3,(H,35,38)(H,36,39)/t16-,17+,23+,24-,25-,26-,27+,31+/m1/s1. The number of carbonyl (C=O) groups is 3. The molecule has 3 fully saturated rings. The summed E-state index contributed by atoms with van der Waals surface area (Å²) in [4.78, 5) is 43.2. The van der Waals surface area contributed by atoms with E-state index in [0.29, 0.717) is 5.92 Å². The Balaban J connectivity index is 1.34. The molecule has 7 nitrogen and oxygen atoms in total. The van der Waals surface area contributed by atoms with E-state index in [2.05, 4.69) is 24.5 Å². The summed E-state index contributed by atoms with van der Waals surface area (Å²) in [6.45, 7) is 4.14. The lowest BCUT2D eigenvalue weighted by Gasteiger charge is -2.38. The van der Waals surface area contributed by atoms with Gasteiger partial charge in [-0.05, 0) is 42.5 Å². The molecule has 0 aromatic heterocycles. The molecule has 0 unspecified atom stereocenters. The number of nitrogens with zero attached hydrogens (tertiary/aromatic N) is 1. The van der Waals surface area contributed by atoms with Gasteiger partial charge in [-0.2, -0.15) is 0 Å². The molecule has 1 aliphatic carbocycles. The summed E-state index contributed by atoms with van der Waals surface area (Å²) in [6, 6.07) is 8.75. The minimum absolute atomic E-state index is 0.0722. The van der Waals surface area contributed by atoms with Crippen LogP contribution in [0.25, 0.3) is 0 Å². The Morgan fingerprint density at radius 2 is 1.88 bits per heavy atom. The van der Waals surface area contributed by atoms with Crippen molar-refractivity contribution in [2.24, 2.45) is 23.7 Å². The van der Waals surface area contributed by atoms with Gasteiger partial charge in [0.2, 0.25) is 17.7 Å². The minimum Gasteiger partial charge on any atom is -0.359 e. The number of nitrogens with one attached hydrogen (secondary N) is 2. The van der Waals surface area contributed by atoms with E-state index in [0.717, 1.165) is 25.3 Å². The van der Waals surface area contributed by atoms with Gasteiger partial charge in [0.1, 0.15) is 23.3 Å². The van der Waals surface area contributed by atoms with Crippen molar-refractivity contribution in [3.8, 4) is 0 Å². The second-order valence-electron chi connectivity index (χ2n) is 11.8. The third-order valence-electron chi connectivity index (χ3n) is 9.45. The Kier molecular flexibility index (Phi) is 7.14. The Morgan fingerprint density at radius 3 is 2.63 bits per heavy atom. The number of hydrogen-bond acceptors (Lipinski definition) is 4. The van der Waals surface area contributed by atoms with Gasteiger partial charge in [0.25, 0.3) is 0 Å². The molecule has 216 valence electrons. The molecule has 4 aliphatic rings. The lowest BCUT2D eigenvalue weighted by atomic mass is 9.73. The summed E-state index contributed by atoms with van der Waals surface area (Å²) in [7, 11) is 0. The molecule has 8 atom stereocenters. The first-order valence-electron chi connectivity index (χ1n) is 14.1. The average Bonchev–Trinajstić information content (AvgIpc) is 3.58. The van der Waals surface area contributed by atoms with Crippen LogP contribution in [-0.2, 0) is 25.7 Å². The highest BCUT2D eigenvalue weighted by molar-refractivity contribution is 6.31. The van der Waals surface area contributed by atoms with E-state index < -0.39 is 53.0 Å². The van der Waals surface area contributed by atoms with Crippen LogP contribution in [0.5, 0.6) is 0 Å². The van der Waals surface area contributed by atoms with Gasteiger partial charge >= 0.3 is 0 Å². The molecule has 3 heterocycles. The second-order valence-corrected chi connectivity index (χ2v) is 12.2. The van der Waals surface area contributed by atoms with Gasteiger partial charge in [-0.15, -0.1) is 0 Å². The molecular weight excluding hydrogens is 552 g/mol. The Morgan fingerprint density at radius 1 is 1.10 bits per heavy atom. The lowest BCUT2D eigenvalue weighted by molar-refractivity contribution is -0.142. The zero-order valence-corrected chi connectivity index (χ0v) is 23.5. The number of fused-ring (bicyclic) bond motifs is 1. The molecule has 3 amide bonds. The Bertz CT molecular complexity index is 1440. The zero-order valence-electron chi connectivity index (χ0n) is 22.8. The van der Waals surface area contributed by atoms with Crippen molar-refractivity contribution in [2.45, 2.75) is 63.4 Å². The summed E-state index contributed by atoms with van der Waals surface area (Å²) in [6.07, 6.45) is 5.60. The molecule has 0 radical (unpaired) electrons. The van der Waals surface area contributed by atoms with Crippen LogP contribution in [0.1, 0.15) is 38.7 Å². The van der Waals surface area contributed by atoms with Crippen LogP contribution in [0, 0.1) is 35.3 Å². The third kappa shape index (κ3) is 4.63. The lowest BCUT2D eigenvalue weighted by Crippen LogP contribution is -2.57. The monoisotopic (exact) mass is 583 g/mol. The summed E-state index contributed by atoms with van der Waals surface area (Å²) in [5.74, 6) is -3.73. The van der Waals surface area contributed by atoms with E-state index in [1.165, 1.54) is 23.1 Å². The van der Waals surface area contributed by atoms with Crippen LogP contribution < -0.4 is 10.6 Å². The maximum absolute atomic E-state index is 14.8. The molecule has 6 rings (SSSR count). The first-order chi connectivity index (χ1) is 19.6. The van der Waals surface area contributed by atoms with E-state index in [9.17, 15) is 23.2 Å². The van der Waals surface area contributed by atoms with Crippen LogP contribution in [0.4, 0.5) is 14.5 Å². The topological polar surface area (TPSA) is 87.7 Å². The van der Waals surface area contributed by atoms with Crippen molar-refractivity contribution in [3.63, 3.8) is 0 Å². The molecule has 1 saturated carbocycles. The summed E-state index contributed by atoms with van der Waals surface area (Å²) < 4.78 is 34.8. The van der Waals surface area contributed by atoms with Gasteiger partial charge in [-0.3, -0.25) is 14.4 Å². The largest absolute Gasteiger partial charge is 0.359 e. The predicted octanol–water partition coefficient (Wildman–Crippen LogP) is 4.85. The number of amides is 3. The second kappa shape index (κ2) is 10.5. The van der Waals surface area contributed by atoms with Crippen LogP contribution >= 0.6 is 11.6 Å². The van der Waals surface area contributed by atoms with E-state index in [4.69, 9.17) is 16.3 Å². The van der Waals surface area contributed by atoms with Crippen molar-refractivity contribution < 1.29 is 27.9 Å². The molecule has 10 heteroatoms. The quantitative estimate of drug-likeness (QED) is 0.476. The first-order valence-corrected chi connectivity index (χ1v) is 14.5. The van der Waals surface area contributed by atoms with Gasteiger partial charge < -0.3 is 20.3 Å². The molecular formula is C31H32ClF2N3O4. The highest BCUT2D eigenvalue weighted by Gasteiger charge is 2.72. The molecule has 2 bridgehead atoms. The highest BCUT2D eigenvalue weighted by atomic mass is 35.5. The van der Waals surface area contributed by atoms with Crippen molar-refractivity contribution in [3.05, 3.63) is 76.8 Å². The third-order valence-corrected chi connectivity index (χ3v) is 9.73. The van der Waals surface area contributed by atoms with Crippen molar-refractivity contribution in [1.82, 2.24) is 10.2 Å². The normalized spacial score (nSPS) is 33.6. The highest BCUT2D eigenvalue weighted by Crippen LogP contribution is 2.55. The fourth-order valence-electron chi connectivity index (χ4n) is 7.09. The van der Waals surface area contributed by atoms with Crippen molar-refractivity contribution >= 4 is 35.0 Å². The number of rotatable bonds is 6. The molecule has 1 spiro atoms. The van der Waals surface area contributed by atoms with E-state index in [-0.39, 0.29) is 40.7 Å². The van der Waals surface area contributed by atoms with Crippen LogP contribution in [0.2, 0.25) is 5.02 Å². The summed E-state index contributed by atoms with van der Waals surface area (Å²) in [5.41, 5.74) is -0.857. The fraction of sp³-hybridized carbons (Fsp3) is 0.452. The number of hydrogen-bond donors (Lipinski definition) is 2. The Hall–Kier alpha value is -3.30. The maximum atomic E-state index is 14.8. The summed E-state index contributed by atoms with van der Waals surface area (Å²) in [5, 5.41) is 5.76. The predicted molar refractivity (Wildman–Crippen MR) is 149 cm³/mol. The van der Waals surface area contributed by atoms with Crippen LogP contribution in [-0.4, -0.2) is 46.4 Å². The molecule has 3 aliphatic heterocycles. The van der Waals surface area contributed by atoms with Gasteiger partial charge in [0.15, 0.2) is 0 Å². The van der Waals surface area contributed by atoms with Crippen LogP contribution in [0.15, 0.2) is 54.6 Å². The number of halogens is 3. The van der Waals surface area contributed by atoms with Gasteiger partial charge in [0, 0.05) is 23.8 Å². The van der Waals surface area contributed by atoms with E-state index in [1.54, 1.807) is 30.4 Å². The number of anilines is 1. The molecule has 2 aromatic rings. The van der Waals surface area contributed by atoms with Gasteiger partial charge in [-0.1, -0.05) is 68.6 Å².